The van der Waals surface area contributed by atoms with E-state index in [1.807, 2.05) is 6.92 Å². The van der Waals surface area contributed by atoms with Crippen LogP contribution in [-0.2, 0) is 9.59 Å². The lowest BCUT2D eigenvalue weighted by atomic mass is 10.3. The van der Waals surface area contributed by atoms with Crippen LogP contribution in [0.25, 0.3) is 0 Å². The lowest BCUT2D eigenvalue weighted by molar-refractivity contribution is -0.160. The second-order valence-electron chi connectivity index (χ2n) is 3.76. The molecule has 0 fully saturated rings. The van der Waals surface area contributed by atoms with Crippen LogP contribution >= 0.6 is 0 Å². The molecule has 18 heavy (non-hydrogen) atoms. The third kappa shape index (κ3) is 7.88. The Morgan fingerprint density at radius 1 is 1.33 bits per heavy atom. The number of rotatable bonds is 7. The molecule has 3 N–H and O–H groups in total. The standard InChI is InChI=1S/C10H18F3N3O2/c1-2-3-4-16(7-10(11,12)13)9(18)6-15-8(17)5-14/h2-7,14H2,1H3,(H,15,17). The van der Waals surface area contributed by atoms with Crippen LogP contribution in [0.1, 0.15) is 19.8 Å². The molecular weight excluding hydrogens is 251 g/mol. The van der Waals surface area contributed by atoms with Gasteiger partial charge in [0.25, 0.3) is 0 Å². The third-order valence-corrected chi connectivity index (χ3v) is 2.13. The first-order chi connectivity index (χ1) is 8.30. The van der Waals surface area contributed by atoms with E-state index >= 15 is 0 Å². The molecule has 0 aliphatic carbocycles. The molecule has 0 bridgehead atoms. The summed E-state index contributed by atoms with van der Waals surface area (Å²) in [4.78, 5) is 23.0. The van der Waals surface area contributed by atoms with Crippen LogP contribution in [0.15, 0.2) is 0 Å². The lowest BCUT2D eigenvalue weighted by Gasteiger charge is -2.23. The Bertz CT molecular complexity index is 282. The van der Waals surface area contributed by atoms with Crippen molar-refractivity contribution in [1.82, 2.24) is 10.2 Å². The van der Waals surface area contributed by atoms with Crippen LogP contribution in [0, 0.1) is 0 Å². The summed E-state index contributed by atoms with van der Waals surface area (Å²) in [5, 5.41) is 2.15. The van der Waals surface area contributed by atoms with E-state index in [0.29, 0.717) is 17.7 Å². The number of unbranched alkanes of at least 4 members (excludes halogenated alkanes) is 1. The van der Waals surface area contributed by atoms with Gasteiger partial charge in [0.1, 0.15) is 6.54 Å². The fourth-order valence-corrected chi connectivity index (χ4v) is 1.22. The number of nitrogens with one attached hydrogen (secondary N) is 1. The molecule has 0 aromatic carbocycles. The first kappa shape index (κ1) is 16.7. The zero-order chi connectivity index (χ0) is 14.2. The van der Waals surface area contributed by atoms with Crippen LogP contribution in [-0.4, -0.2) is 49.1 Å². The number of amides is 2. The molecule has 0 atom stereocenters. The van der Waals surface area contributed by atoms with Gasteiger partial charge >= 0.3 is 6.18 Å². The molecule has 0 radical (unpaired) electrons. The van der Waals surface area contributed by atoms with E-state index in [9.17, 15) is 22.8 Å². The van der Waals surface area contributed by atoms with Gasteiger partial charge in [-0.15, -0.1) is 0 Å². The van der Waals surface area contributed by atoms with Gasteiger partial charge in [-0.05, 0) is 6.42 Å². The number of nitrogens with two attached hydrogens (primary N) is 1. The number of carbonyl (C=O) groups is 2. The van der Waals surface area contributed by atoms with Crippen molar-refractivity contribution in [3.05, 3.63) is 0 Å². The third-order valence-electron chi connectivity index (χ3n) is 2.13. The van der Waals surface area contributed by atoms with Crippen molar-refractivity contribution in [3.63, 3.8) is 0 Å². The van der Waals surface area contributed by atoms with Gasteiger partial charge in [-0.3, -0.25) is 9.59 Å². The van der Waals surface area contributed by atoms with Crippen LogP contribution in [0.2, 0.25) is 0 Å². The molecule has 0 saturated carbocycles. The predicted octanol–water partition coefficient (Wildman–Crippen LogP) is 0.252. The summed E-state index contributed by atoms with van der Waals surface area (Å²) in [6.07, 6.45) is -3.29. The highest BCUT2D eigenvalue weighted by Gasteiger charge is 2.32. The van der Waals surface area contributed by atoms with Gasteiger partial charge in [-0.1, -0.05) is 13.3 Å². The maximum Gasteiger partial charge on any atom is 0.406 e. The molecule has 0 spiro atoms. The Hall–Kier alpha value is -1.31. The van der Waals surface area contributed by atoms with Crippen molar-refractivity contribution in [1.29, 1.82) is 0 Å². The van der Waals surface area contributed by atoms with Crippen LogP contribution in [0.3, 0.4) is 0 Å². The van der Waals surface area contributed by atoms with Gasteiger partial charge in [0, 0.05) is 6.54 Å². The van der Waals surface area contributed by atoms with E-state index in [1.165, 1.54) is 0 Å². The smallest absolute Gasteiger partial charge is 0.346 e. The highest BCUT2D eigenvalue weighted by atomic mass is 19.4. The summed E-state index contributed by atoms with van der Waals surface area (Å²) in [6.45, 7) is -0.235. The second kappa shape index (κ2) is 7.91. The SMILES string of the molecule is CCCCN(CC(F)(F)F)C(=O)CNC(=O)CN. The fraction of sp³-hybridized carbons (Fsp3) is 0.800. The fourth-order valence-electron chi connectivity index (χ4n) is 1.22. The van der Waals surface area contributed by atoms with Crippen LogP contribution in [0.5, 0.6) is 0 Å². The average Bonchev–Trinajstić information content (AvgIpc) is 2.29. The van der Waals surface area contributed by atoms with Crippen molar-refractivity contribution < 1.29 is 22.8 Å². The number of hydrogen-bond donors (Lipinski definition) is 2. The summed E-state index contributed by atoms with van der Waals surface area (Å²) >= 11 is 0. The molecule has 0 aliphatic heterocycles. The first-order valence-corrected chi connectivity index (χ1v) is 5.61. The lowest BCUT2D eigenvalue weighted by Crippen LogP contribution is -2.45. The number of halogens is 3. The molecule has 0 aromatic heterocycles. The van der Waals surface area contributed by atoms with E-state index in [2.05, 4.69) is 5.32 Å². The molecule has 0 rings (SSSR count). The van der Waals surface area contributed by atoms with E-state index in [-0.39, 0.29) is 13.1 Å². The molecule has 0 saturated heterocycles. The Kier molecular flexibility index (Phi) is 7.33. The molecular formula is C10H18F3N3O2. The highest BCUT2D eigenvalue weighted by molar-refractivity contribution is 5.85. The van der Waals surface area contributed by atoms with E-state index in [4.69, 9.17) is 5.73 Å². The largest absolute Gasteiger partial charge is 0.406 e. The second-order valence-corrected chi connectivity index (χ2v) is 3.76. The van der Waals surface area contributed by atoms with E-state index < -0.39 is 31.1 Å². The molecule has 5 nitrogen and oxygen atoms in total. The van der Waals surface area contributed by atoms with Crippen LogP contribution < -0.4 is 11.1 Å². The van der Waals surface area contributed by atoms with Gasteiger partial charge in [-0.25, -0.2) is 0 Å². The Morgan fingerprint density at radius 3 is 2.39 bits per heavy atom. The Labute approximate surface area is 103 Å². The molecule has 0 unspecified atom stereocenters. The number of nitrogens with zero attached hydrogens (tertiary/aromatic N) is 1. The minimum atomic E-state index is -4.44. The molecule has 106 valence electrons. The maximum atomic E-state index is 12.3. The number of alkyl halides is 3. The van der Waals surface area contributed by atoms with Crippen molar-refractivity contribution >= 4 is 11.8 Å². The molecule has 8 heteroatoms. The summed E-state index contributed by atoms with van der Waals surface area (Å²) in [7, 11) is 0. The predicted molar refractivity (Wildman–Crippen MR) is 59.6 cm³/mol. The zero-order valence-corrected chi connectivity index (χ0v) is 10.2. The summed E-state index contributed by atoms with van der Waals surface area (Å²) in [5.41, 5.74) is 5.00. The molecule has 0 aromatic rings. The normalized spacial score (nSPS) is 11.2. The summed E-state index contributed by atoms with van der Waals surface area (Å²) < 4.78 is 36.8. The van der Waals surface area contributed by atoms with Crippen molar-refractivity contribution in [3.8, 4) is 0 Å². The minimum absolute atomic E-state index is 0.0212. The average molecular weight is 269 g/mol. The molecule has 0 heterocycles. The first-order valence-electron chi connectivity index (χ1n) is 5.61. The van der Waals surface area contributed by atoms with E-state index in [0.717, 1.165) is 0 Å². The van der Waals surface area contributed by atoms with Crippen LogP contribution in [0.4, 0.5) is 13.2 Å². The Morgan fingerprint density at radius 2 is 1.94 bits per heavy atom. The quantitative estimate of drug-likeness (QED) is 0.695. The topological polar surface area (TPSA) is 75.4 Å². The highest BCUT2D eigenvalue weighted by Crippen LogP contribution is 2.16. The van der Waals surface area contributed by atoms with E-state index in [1.54, 1.807) is 0 Å². The van der Waals surface area contributed by atoms with Gasteiger partial charge in [-0.2, -0.15) is 13.2 Å². The van der Waals surface area contributed by atoms with Crippen molar-refractivity contribution in [2.75, 3.05) is 26.2 Å². The maximum absolute atomic E-state index is 12.3. The van der Waals surface area contributed by atoms with Crippen molar-refractivity contribution in [2.45, 2.75) is 25.9 Å². The number of hydrogen-bond acceptors (Lipinski definition) is 3. The van der Waals surface area contributed by atoms with Crippen molar-refractivity contribution in [2.24, 2.45) is 5.73 Å². The summed E-state index contributed by atoms with van der Waals surface area (Å²) in [6, 6.07) is 0. The monoisotopic (exact) mass is 269 g/mol. The zero-order valence-electron chi connectivity index (χ0n) is 10.2. The van der Waals surface area contributed by atoms with Gasteiger partial charge < -0.3 is 16.0 Å². The Balaban J connectivity index is 4.35. The van der Waals surface area contributed by atoms with Gasteiger partial charge in [0.05, 0.1) is 13.1 Å². The summed E-state index contributed by atoms with van der Waals surface area (Å²) in [5.74, 6) is -1.34. The number of carbonyl (C=O) groups excluding carboxylic acids is 2. The van der Waals surface area contributed by atoms with Gasteiger partial charge in [0.2, 0.25) is 11.8 Å². The minimum Gasteiger partial charge on any atom is -0.346 e. The molecule has 0 aliphatic rings. The molecule has 2 amide bonds. The van der Waals surface area contributed by atoms with Gasteiger partial charge in [0.15, 0.2) is 0 Å².